The highest BCUT2D eigenvalue weighted by Crippen LogP contribution is 2.40. The summed E-state index contributed by atoms with van der Waals surface area (Å²) >= 11 is 1.46. The molecule has 6 rings (SSSR count). The van der Waals surface area contributed by atoms with Crippen molar-refractivity contribution in [2.75, 3.05) is 40.8 Å². The molecule has 0 aliphatic carbocycles. The maximum Gasteiger partial charge on any atom is 0.737 e. The summed E-state index contributed by atoms with van der Waals surface area (Å²) in [5.41, 5.74) is 4.61. The van der Waals surface area contributed by atoms with E-state index in [1.54, 1.807) is 18.2 Å². The van der Waals surface area contributed by atoms with Crippen molar-refractivity contribution in [2.45, 2.75) is 103 Å². The molecule has 348 valence electrons. The molecule has 3 aromatic rings. The van der Waals surface area contributed by atoms with Crippen molar-refractivity contribution in [1.29, 1.82) is 0 Å². The number of imide groups is 1. The normalized spacial score (nSPS) is 16.1. The summed E-state index contributed by atoms with van der Waals surface area (Å²) < 4.78 is 42.8. The van der Waals surface area contributed by atoms with Gasteiger partial charge in [-0.1, -0.05) is 37.6 Å². The molecule has 0 radical (unpaired) electrons. The van der Waals surface area contributed by atoms with Gasteiger partial charge in [-0.2, -0.15) is 0 Å². The first-order chi connectivity index (χ1) is 31.0. The zero-order chi connectivity index (χ0) is 46.7. The van der Waals surface area contributed by atoms with Gasteiger partial charge < -0.3 is 42.3 Å². The van der Waals surface area contributed by atoms with Crippen LogP contribution in [0.1, 0.15) is 118 Å². The minimum absolute atomic E-state index is 0.0196. The first kappa shape index (κ1) is 48.8. The zero-order valence-electron chi connectivity index (χ0n) is 38.2. The molecule has 1 aromatic carbocycles. The van der Waals surface area contributed by atoms with Gasteiger partial charge in [0.05, 0.1) is 39.2 Å². The van der Waals surface area contributed by atoms with Crippen molar-refractivity contribution in [3.8, 4) is 5.75 Å². The number of unbranched alkanes of at least 4 members (excludes halogenated alkanes) is 3. The van der Waals surface area contributed by atoms with Crippen LogP contribution in [0.3, 0.4) is 0 Å². The van der Waals surface area contributed by atoms with E-state index in [0.717, 1.165) is 64.7 Å². The number of nitrogens with zero attached hydrogens (tertiary/aromatic N) is 4. The molecule has 1 fully saturated rings. The molecule has 0 saturated carbocycles. The Morgan fingerprint density at radius 1 is 0.954 bits per heavy atom. The number of aromatic nitrogens is 1. The number of rotatable bonds is 24. The van der Waals surface area contributed by atoms with E-state index in [2.05, 4.69) is 38.7 Å². The number of hydrogen-bond acceptors (Lipinski definition) is 8. The third-order valence-electron chi connectivity index (χ3n) is 11.6. The number of hydroxylamine groups is 2. The molecule has 5 heterocycles. The smallest absolute Gasteiger partial charge is 0.494 e. The molecule has 4 amide bonds. The number of carbonyl (C=O) groups excluding carboxylic acids is 5. The molecule has 2 aromatic heterocycles. The Morgan fingerprint density at radius 2 is 1.71 bits per heavy atom. The molecule has 17 heteroatoms. The van der Waals surface area contributed by atoms with Crippen LogP contribution < -0.4 is 15.4 Å². The molecule has 1 unspecified atom stereocenters. The van der Waals surface area contributed by atoms with Gasteiger partial charge in [-0.25, -0.2) is 4.79 Å². The summed E-state index contributed by atoms with van der Waals surface area (Å²) in [6.45, 7) is 1.25. The fourth-order valence-electron chi connectivity index (χ4n) is 8.15. The van der Waals surface area contributed by atoms with Crippen molar-refractivity contribution < 1.29 is 51.1 Å². The van der Waals surface area contributed by atoms with E-state index in [1.807, 2.05) is 60.9 Å². The van der Waals surface area contributed by atoms with Crippen molar-refractivity contribution in [1.82, 2.24) is 20.2 Å². The van der Waals surface area contributed by atoms with E-state index in [0.29, 0.717) is 59.3 Å². The first-order valence-corrected chi connectivity index (χ1v) is 23.7. The summed E-state index contributed by atoms with van der Waals surface area (Å²) in [5.74, 6) is -1.74. The number of hydrogen-bond donors (Lipinski definition) is 2. The molecule has 13 nitrogen and oxygen atoms in total. The van der Waals surface area contributed by atoms with Crippen molar-refractivity contribution in [2.24, 2.45) is 0 Å². The summed E-state index contributed by atoms with van der Waals surface area (Å²) in [6, 6.07) is 12.2. The molecular weight excluding hydrogens is 853 g/mol. The summed E-state index contributed by atoms with van der Waals surface area (Å²) in [6.07, 6.45) is 13.6. The number of nitrogens with one attached hydrogen (secondary N) is 2. The van der Waals surface area contributed by atoms with Gasteiger partial charge in [0.2, 0.25) is 11.8 Å². The third-order valence-corrected chi connectivity index (χ3v) is 12.5. The van der Waals surface area contributed by atoms with Gasteiger partial charge in [0.15, 0.2) is 11.4 Å². The molecule has 3 aliphatic rings. The monoisotopic (exact) mass is 915 g/mol. The van der Waals surface area contributed by atoms with Crippen LogP contribution in [0.25, 0.3) is 18.2 Å². The Bertz CT molecular complexity index is 2330. The second-order valence-corrected chi connectivity index (χ2v) is 18.9. The average Bonchev–Trinajstić information content (AvgIpc) is 4.06. The van der Waals surface area contributed by atoms with Crippen LogP contribution in [-0.2, 0) is 28.8 Å². The maximum atomic E-state index is 16.8. The fourth-order valence-corrected chi connectivity index (χ4v) is 8.89. The molecular formula is C48H62BF2N6O7S+. The average molecular weight is 916 g/mol. The van der Waals surface area contributed by atoms with E-state index in [-0.39, 0.29) is 50.6 Å². The molecule has 65 heavy (non-hydrogen) atoms. The van der Waals surface area contributed by atoms with E-state index < -0.39 is 30.8 Å². The van der Waals surface area contributed by atoms with E-state index in [4.69, 9.17) is 9.57 Å². The fraction of sp³-hybridized carbons (Fsp3) is 0.458. The van der Waals surface area contributed by atoms with Crippen molar-refractivity contribution in [3.05, 3.63) is 92.6 Å². The summed E-state index contributed by atoms with van der Waals surface area (Å²) in [5, 5.41) is 8.18. The van der Waals surface area contributed by atoms with Crippen molar-refractivity contribution in [3.63, 3.8) is 0 Å². The predicted octanol–water partition coefficient (Wildman–Crippen LogP) is 7.65. The van der Waals surface area contributed by atoms with Gasteiger partial charge in [-0.15, -0.1) is 16.4 Å². The Morgan fingerprint density at radius 3 is 2.40 bits per heavy atom. The third kappa shape index (κ3) is 12.8. The standard InChI is InChI=1S/C48H61BF2N6O7S/c1-6-7-14-36-32-42(43-16-13-30-65-43)55-41(36)33-40-34(2)31-37(54(40)49(55,50)51)22-19-35-20-23-38(24-21-35)63-29-12-17-44(58)53-39(15-9-11-28-57(3,4)5)48(62)52-27-10-8-18-47(61)64-56-45(59)25-26-46(56)60/h13,16,19-24,30-33,39H,6-12,14-15,17-18,25-29H2,1-5H3,(H-,52,53,58,62)/p+1/b22-19+. The number of benzene rings is 1. The lowest BCUT2D eigenvalue weighted by atomic mass is 9.88. The molecule has 3 aliphatic heterocycles. The Kier molecular flexibility index (Phi) is 16.5. The number of thiophene rings is 1. The largest absolute Gasteiger partial charge is 0.737 e. The number of amides is 4. The Balaban J connectivity index is 0.981. The lowest BCUT2D eigenvalue weighted by Crippen LogP contribution is -2.51. The van der Waals surface area contributed by atoms with Gasteiger partial charge in [-0.3, -0.25) is 19.2 Å². The van der Waals surface area contributed by atoms with E-state index in [9.17, 15) is 24.0 Å². The van der Waals surface area contributed by atoms with Gasteiger partial charge >= 0.3 is 12.9 Å². The molecule has 0 bridgehead atoms. The van der Waals surface area contributed by atoms with Crippen LogP contribution >= 0.6 is 11.3 Å². The Labute approximate surface area is 384 Å². The minimum atomic E-state index is -4.19. The lowest BCUT2D eigenvalue weighted by Gasteiger charge is -2.31. The van der Waals surface area contributed by atoms with Crippen molar-refractivity contribution >= 4 is 71.8 Å². The first-order valence-electron chi connectivity index (χ1n) is 22.8. The van der Waals surface area contributed by atoms with Crippen LogP contribution in [-0.4, -0.2) is 108 Å². The number of fused-ring (bicyclic) bond motifs is 2. The quantitative estimate of drug-likeness (QED) is 0.0408. The second-order valence-electron chi connectivity index (χ2n) is 17.9. The highest BCUT2D eigenvalue weighted by Gasteiger charge is 2.54. The summed E-state index contributed by atoms with van der Waals surface area (Å²) in [4.78, 5) is 67.4. The van der Waals surface area contributed by atoms with Gasteiger partial charge in [0.1, 0.15) is 11.8 Å². The Hall–Kier alpha value is -5.68. The predicted molar refractivity (Wildman–Crippen MR) is 250 cm³/mol. The van der Waals surface area contributed by atoms with Gasteiger partial charge in [0.25, 0.3) is 11.8 Å². The molecule has 2 N–H and O–H groups in total. The van der Waals surface area contributed by atoms with Crippen LogP contribution in [0.2, 0.25) is 0 Å². The van der Waals surface area contributed by atoms with E-state index >= 15 is 8.63 Å². The molecule has 1 saturated heterocycles. The van der Waals surface area contributed by atoms with Gasteiger partial charge in [0, 0.05) is 61.3 Å². The number of allylic oxidation sites excluding steroid dienone is 2. The second kappa shape index (κ2) is 22.0. The highest BCUT2D eigenvalue weighted by atomic mass is 32.1. The molecule has 1 atom stereocenters. The SMILES string of the molecule is CCCCC1=CC(c2cccs2)=[N+]2C1=Cc1c(C)cc(/C=C/c3ccc(OCCCC(=O)NC(CCCC[N+](C)(C)C)C(=O)NCCCCC(=O)ON4C(=O)CCC4=O)cc3)n1[B-]2(F)F. The van der Waals surface area contributed by atoms with Crippen LogP contribution in [0.5, 0.6) is 5.75 Å². The van der Waals surface area contributed by atoms with Gasteiger partial charge in [-0.05, 0) is 105 Å². The van der Waals surface area contributed by atoms with E-state index in [1.165, 1.54) is 20.3 Å². The number of ether oxygens (including phenoxy) is 1. The zero-order valence-corrected chi connectivity index (χ0v) is 39.0. The summed E-state index contributed by atoms with van der Waals surface area (Å²) in [7, 11) is 6.30. The van der Waals surface area contributed by atoms with Crippen LogP contribution in [0.15, 0.2) is 65.2 Å². The van der Waals surface area contributed by atoms with Crippen LogP contribution in [0.4, 0.5) is 8.63 Å². The minimum Gasteiger partial charge on any atom is -0.494 e. The number of halogens is 2. The number of carbonyl (C=O) groups is 5. The highest BCUT2D eigenvalue weighted by molar-refractivity contribution is 7.12. The lowest BCUT2D eigenvalue weighted by molar-refractivity contribution is -0.870. The number of aryl methyl sites for hydroxylation is 1. The molecule has 0 spiro atoms. The van der Waals surface area contributed by atoms with Crippen LogP contribution in [0, 0.1) is 6.92 Å². The maximum absolute atomic E-state index is 16.8. The number of quaternary nitrogens is 1. The topological polar surface area (TPSA) is 139 Å².